The van der Waals surface area contributed by atoms with Crippen LogP contribution in [0.3, 0.4) is 0 Å². The molecule has 96 valence electrons. The second-order valence-electron chi connectivity index (χ2n) is 3.35. The molecular weight excluding hydrogens is 266 g/mol. The van der Waals surface area contributed by atoms with Gasteiger partial charge in [0.25, 0.3) is 5.91 Å². The van der Waals surface area contributed by atoms with Gasteiger partial charge in [0.15, 0.2) is 0 Å². The number of unbranched alkanes of at least 4 members (excludes halogenated alkanes) is 1. The largest absolute Gasteiger partial charge is 0.352 e. The molecule has 0 aliphatic heterocycles. The van der Waals surface area contributed by atoms with Crippen molar-refractivity contribution in [2.45, 2.75) is 12.8 Å². The first-order valence-corrected chi connectivity index (χ1v) is 5.47. The van der Waals surface area contributed by atoms with Crippen LogP contribution in [0.4, 0.5) is 4.39 Å². The Bertz CT molecular complexity index is 354. The minimum Gasteiger partial charge on any atom is -0.352 e. The average molecular weight is 281 g/mol. The first kappa shape index (κ1) is 16.2. The Kier molecular flexibility index (Phi) is 7.87. The minimum atomic E-state index is -0.608. The van der Waals surface area contributed by atoms with Crippen LogP contribution in [-0.2, 0) is 0 Å². The summed E-state index contributed by atoms with van der Waals surface area (Å²) in [6, 6.07) is 4.16. The molecule has 0 radical (unpaired) electrons. The van der Waals surface area contributed by atoms with Gasteiger partial charge < -0.3 is 11.1 Å². The summed E-state index contributed by atoms with van der Waals surface area (Å²) in [4.78, 5) is 11.6. The third-order valence-corrected chi connectivity index (χ3v) is 2.42. The summed E-state index contributed by atoms with van der Waals surface area (Å²) in [5.41, 5.74) is 5.21. The van der Waals surface area contributed by atoms with Crippen molar-refractivity contribution in [3.05, 3.63) is 34.6 Å². The van der Waals surface area contributed by atoms with Gasteiger partial charge in [-0.25, -0.2) is 4.39 Å². The Balaban J connectivity index is 0.00000256. The van der Waals surface area contributed by atoms with Crippen LogP contribution in [0.5, 0.6) is 0 Å². The van der Waals surface area contributed by atoms with Crippen LogP contribution in [-0.4, -0.2) is 19.0 Å². The van der Waals surface area contributed by atoms with E-state index in [4.69, 9.17) is 17.3 Å². The number of carbonyl (C=O) groups is 1. The second kappa shape index (κ2) is 8.28. The molecule has 1 aromatic rings. The molecule has 0 aliphatic carbocycles. The van der Waals surface area contributed by atoms with E-state index in [2.05, 4.69) is 5.32 Å². The van der Waals surface area contributed by atoms with E-state index < -0.39 is 11.7 Å². The van der Waals surface area contributed by atoms with Crippen molar-refractivity contribution < 1.29 is 9.18 Å². The molecule has 1 amide bonds. The van der Waals surface area contributed by atoms with Crippen molar-refractivity contribution in [3.8, 4) is 0 Å². The predicted octanol–water partition coefficient (Wildman–Crippen LogP) is 2.37. The van der Waals surface area contributed by atoms with Gasteiger partial charge in [-0.05, 0) is 31.5 Å². The number of halogens is 3. The molecule has 6 heteroatoms. The molecule has 0 aromatic heterocycles. The van der Waals surface area contributed by atoms with Crippen LogP contribution in [0, 0.1) is 5.82 Å². The van der Waals surface area contributed by atoms with Crippen molar-refractivity contribution >= 4 is 29.9 Å². The number of carbonyl (C=O) groups excluding carboxylic acids is 1. The summed E-state index contributed by atoms with van der Waals surface area (Å²) in [5.74, 6) is -1.09. The summed E-state index contributed by atoms with van der Waals surface area (Å²) in [5, 5.41) is 2.72. The third kappa shape index (κ3) is 4.89. The van der Waals surface area contributed by atoms with E-state index in [9.17, 15) is 9.18 Å². The monoisotopic (exact) mass is 280 g/mol. The molecule has 0 saturated carbocycles. The summed E-state index contributed by atoms with van der Waals surface area (Å²) in [6.45, 7) is 1.05. The first-order chi connectivity index (χ1) is 7.66. The number of nitrogens with one attached hydrogen (secondary N) is 1. The first-order valence-electron chi connectivity index (χ1n) is 5.09. The zero-order valence-corrected chi connectivity index (χ0v) is 10.8. The summed E-state index contributed by atoms with van der Waals surface area (Å²) < 4.78 is 13.3. The maximum absolute atomic E-state index is 13.3. The van der Waals surface area contributed by atoms with Crippen molar-refractivity contribution in [3.63, 3.8) is 0 Å². The Labute approximate surface area is 111 Å². The van der Waals surface area contributed by atoms with Crippen molar-refractivity contribution in [2.75, 3.05) is 13.1 Å². The van der Waals surface area contributed by atoms with E-state index in [0.717, 1.165) is 12.8 Å². The lowest BCUT2D eigenvalue weighted by molar-refractivity contribution is 0.0949. The molecule has 3 N–H and O–H groups in total. The van der Waals surface area contributed by atoms with Gasteiger partial charge in [-0.2, -0.15) is 0 Å². The fraction of sp³-hybridized carbons (Fsp3) is 0.364. The number of amides is 1. The van der Waals surface area contributed by atoms with E-state index in [1.54, 1.807) is 0 Å². The Morgan fingerprint density at radius 2 is 2.12 bits per heavy atom. The SMILES string of the molecule is Cl.NCCCCNC(=O)c1c(F)cccc1Cl. The number of hydrogen-bond donors (Lipinski definition) is 2. The molecule has 0 spiro atoms. The average Bonchev–Trinajstić information content (AvgIpc) is 2.24. The van der Waals surface area contributed by atoms with Crippen LogP contribution < -0.4 is 11.1 Å². The van der Waals surface area contributed by atoms with Crippen LogP contribution in [0.1, 0.15) is 23.2 Å². The molecule has 17 heavy (non-hydrogen) atoms. The summed E-state index contributed by atoms with van der Waals surface area (Å²) in [6.07, 6.45) is 1.60. The zero-order valence-electron chi connectivity index (χ0n) is 9.21. The standard InChI is InChI=1S/C11H14ClFN2O.ClH/c12-8-4-3-5-9(13)10(8)11(16)15-7-2-1-6-14;/h3-5H,1-2,6-7,14H2,(H,15,16);1H. The highest BCUT2D eigenvalue weighted by atomic mass is 35.5. The van der Waals surface area contributed by atoms with Gasteiger partial charge in [0.2, 0.25) is 0 Å². The summed E-state index contributed by atoms with van der Waals surface area (Å²) >= 11 is 5.74. The van der Waals surface area contributed by atoms with Crippen LogP contribution in [0.2, 0.25) is 5.02 Å². The molecular formula is C11H15Cl2FN2O. The quantitative estimate of drug-likeness (QED) is 0.814. The predicted molar refractivity (Wildman–Crippen MR) is 69.3 cm³/mol. The van der Waals surface area contributed by atoms with Gasteiger partial charge in [0.1, 0.15) is 5.82 Å². The molecule has 0 aliphatic rings. The molecule has 0 bridgehead atoms. The van der Waals surface area contributed by atoms with Gasteiger partial charge in [0.05, 0.1) is 10.6 Å². The molecule has 1 aromatic carbocycles. The van der Waals surface area contributed by atoms with Gasteiger partial charge in [-0.3, -0.25) is 4.79 Å². The van der Waals surface area contributed by atoms with Gasteiger partial charge in [0, 0.05) is 6.54 Å². The minimum absolute atomic E-state index is 0. The number of hydrogen-bond acceptors (Lipinski definition) is 2. The lowest BCUT2D eigenvalue weighted by Crippen LogP contribution is -2.26. The number of benzene rings is 1. The van der Waals surface area contributed by atoms with Gasteiger partial charge in [-0.1, -0.05) is 17.7 Å². The highest BCUT2D eigenvalue weighted by Crippen LogP contribution is 2.18. The third-order valence-electron chi connectivity index (χ3n) is 2.11. The van der Waals surface area contributed by atoms with Gasteiger partial charge in [-0.15, -0.1) is 12.4 Å². The fourth-order valence-electron chi connectivity index (χ4n) is 1.27. The van der Waals surface area contributed by atoms with E-state index in [1.807, 2.05) is 0 Å². The number of nitrogens with two attached hydrogens (primary N) is 1. The zero-order chi connectivity index (χ0) is 12.0. The lowest BCUT2D eigenvalue weighted by Gasteiger charge is -2.07. The number of rotatable bonds is 5. The van der Waals surface area contributed by atoms with E-state index in [0.29, 0.717) is 13.1 Å². The van der Waals surface area contributed by atoms with E-state index in [-0.39, 0.29) is 23.0 Å². The van der Waals surface area contributed by atoms with Crippen LogP contribution in [0.25, 0.3) is 0 Å². The maximum Gasteiger partial charge on any atom is 0.255 e. The highest BCUT2D eigenvalue weighted by Gasteiger charge is 2.14. The molecule has 0 atom stereocenters. The van der Waals surface area contributed by atoms with Crippen molar-refractivity contribution in [1.29, 1.82) is 0 Å². The Hall–Kier alpha value is -0.840. The van der Waals surface area contributed by atoms with Crippen LogP contribution in [0.15, 0.2) is 18.2 Å². The lowest BCUT2D eigenvalue weighted by atomic mass is 10.2. The molecule has 0 fully saturated rings. The molecule has 0 unspecified atom stereocenters. The van der Waals surface area contributed by atoms with Crippen molar-refractivity contribution in [1.82, 2.24) is 5.32 Å². The maximum atomic E-state index is 13.3. The normalized spacial score (nSPS) is 9.59. The second-order valence-corrected chi connectivity index (χ2v) is 3.76. The highest BCUT2D eigenvalue weighted by molar-refractivity contribution is 6.33. The fourth-order valence-corrected chi connectivity index (χ4v) is 1.52. The smallest absolute Gasteiger partial charge is 0.255 e. The topological polar surface area (TPSA) is 55.1 Å². The molecule has 1 rings (SSSR count). The van der Waals surface area contributed by atoms with E-state index in [1.165, 1.54) is 18.2 Å². The Morgan fingerprint density at radius 1 is 1.41 bits per heavy atom. The van der Waals surface area contributed by atoms with Crippen molar-refractivity contribution in [2.24, 2.45) is 5.73 Å². The molecule has 3 nitrogen and oxygen atoms in total. The molecule has 0 heterocycles. The Morgan fingerprint density at radius 3 is 2.71 bits per heavy atom. The molecule has 0 saturated heterocycles. The van der Waals surface area contributed by atoms with E-state index >= 15 is 0 Å². The summed E-state index contributed by atoms with van der Waals surface area (Å²) in [7, 11) is 0. The van der Waals surface area contributed by atoms with Crippen LogP contribution >= 0.6 is 24.0 Å². The van der Waals surface area contributed by atoms with Gasteiger partial charge >= 0.3 is 0 Å².